The van der Waals surface area contributed by atoms with Gasteiger partial charge in [-0.05, 0) is 41.8 Å². The van der Waals surface area contributed by atoms with Gasteiger partial charge in [-0.2, -0.15) is 0 Å². The number of rotatable bonds is 6. The van der Waals surface area contributed by atoms with E-state index in [9.17, 15) is 13.2 Å². The van der Waals surface area contributed by atoms with Gasteiger partial charge in [0, 0.05) is 23.6 Å². The molecule has 0 aliphatic rings. The van der Waals surface area contributed by atoms with Crippen LogP contribution < -0.4 is 10.0 Å². The van der Waals surface area contributed by atoms with Crippen LogP contribution in [0.3, 0.4) is 0 Å². The molecule has 3 aromatic heterocycles. The number of nitrogens with zero attached hydrogens (tertiary/aromatic N) is 3. The van der Waals surface area contributed by atoms with Gasteiger partial charge in [-0.15, -0.1) is 11.3 Å². The van der Waals surface area contributed by atoms with E-state index in [2.05, 4.69) is 20.0 Å². The Balaban J connectivity index is 1.47. The van der Waals surface area contributed by atoms with Gasteiger partial charge in [-0.25, -0.2) is 18.4 Å². The molecule has 0 aliphatic heterocycles. The molecule has 8 nitrogen and oxygen atoms in total. The van der Waals surface area contributed by atoms with Gasteiger partial charge in [0.05, 0.1) is 11.9 Å². The smallest absolute Gasteiger partial charge is 0.271 e. The predicted octanol–water partition coefficient (Wildman–Crippen LogP) is 3.38. The summed E-state index contributed by atoms with van der Waals surface area (Å²) in [4.78, 5) is 20.8. The topological polar surface area (TPSA) is 106 Å². The van der Waals surface area contributed by atoms with Crippen LogP contribution in [0.25, 0.3) is 5.82 Å². The Labute approximate surface area is 170 Å². The van der Waals surface area contributed by atoms with E-state index in [1.54, 1.807) is 65.1 Å². The Hall–Kier alpha value is -3.50. The first-order valence-electron chi connectivity index (χ1n) is 8.43. The molecule has 3 heterocycles. The standard InChI is InChI=1S/C19H15N5O3S2/c25-19(22-16-6-7-17(21-12-16)24-9-8-20-13-24)14-3-1-4-15(11-14)23-29(26,27)18-5-2-10-28-18/h1-13,23H,(H,22,25). The summed E-state index contributed by atoms with van der Waals surface area (Å²) in [6.07, 6.45) is 6.58. The highest BCUT2D eigenvalue weighted by atomic mass is 32.2. The maximum absolute atomic E-state index is 12.5. The summed E-state index contributed by atoms with van der Waals surface area (Å²) in [6, 6.07) is 12.9. The lowest BCUT2D eigenvalue weighted by atomic mass is 10.2. The number of imidazole rings is 1. The van der Waals surface area contributed by atoms with Crippen molar-refractivity contribution in [3.05, 3.63) is 84.4 Å². The van der Waals surface area contributed by atoms with Crippen LogP contribution in [0.15, 0.2) is 83.0 Å². The van der Waals surface area contributed by atoms with E-state index in [0.717, 1.165) is 11.3 Å². The van der Waals surface area contributed by atoms with Gasteiger partial charge in [-0.3, -0.25) is 14.1 Å². The lowest BCUT2D eigenvalue weighted by Crippen LogP contribution is -2.14. The van der Waals surface area contributed by atoms with Gasteiger partial charge < -0.3 is 5.32 Å². The first-order valence-corrected chi connectivity index (χ1v) is 10.8. The maximum atomic E-state index is 12.5. The molecule has 0 fully saturated rings. The van der Waals surface area contributed by atoms with Crippen molar-refractivity contribution in [1.29, 1.82) is 0 Å². The van der Waals surface area contributed by atoms with E-state index in [4.69, 9.17) is 0 Å². The quantitative estimate of drug-likeness (QED) is 0.493. The molecule has 2 N–H and O–H groups in total. The summed E-state index contributed by atoms with van der Waals surface area (Å²) in [5.41, 5.74) is 1.14. The molecule has 29 heavy (non-hydrogen) atoms. The molecule has 0 aliphatic carbocycles. The zero-order valence-electron chi connectivity index (χ0n) is 14.9. The monoisotopic (exact) mass is 425 g/mol. The molecule has 0 bridgehead atoms. The van der Waals surface area contributed by atoms with Crippen molar-refractivity contribution < 1.29 is 13.2 Å². The summed E-state index contributed by atoms with van der Waals surface area (Å²) < 4.78 is 29.1. The lowest BCUT2D eigenvalue weighted by molar-refractivity contribution is 0.102. The maximum Gasteiger partial charge on any atom is 0.271 e. The fourth-order valence-corrected chi connectivity index (χ4v) is 4.60. The average molecular weight is 425 g/mol. The number of hydrogen-bond acceptors (Lipinski definition) is 6. The van der Waals surface area contributed by atoms with Crippen LogP contribution in [0.4, 0.5) is 11.4 Å². The Morgan fingerprint density at radius 3 is 2.66 bits per heavy atom. The second-order valence-corrected chi connectivity index (χ2v) is 8.80. The number of aromatic nitrogens is 3. The number of anilines is 2. The summed E-state index contributed by atoms with van der Waals surface area (Å²) in [5.74, 6) is 0.296. The lowest BCUT2D eigenvalue weighted by Gasteiger charge is -2.09. The second kappa shape index (κ2) is 7.86. The molecule has 0 saturated heterocycles. The number of hydrogen-bond donors (Lipinski definition) is 2. The first-order chi connectivity index (χ1) is 14.0. The molecule has 0 saturated carbocycles. The third kappa shape index (κ3) is 4.33. The van der Waals surface area contributed by atoms with Crippen molar-refractivity contribution in [3.63, 3.8) is 0 Å². The minimum atomic E-state index is -3.68. The van der Waals surface area contributed by atoms with Crippen molar-refractivity contribution in [2.45, 2.75) is 4.21 Å². The number of benzene rings is 1. The van der Waals surface area contributed by atoms with Crippen LogP contribution in [-0.2, 0) is 10.0 Å². The Morgan fingerprint density at radius 2 is 1.97 bits per heavy atom. The van der Waals surface area contributed by atoms with Gasteiger partial charge in [0.1, 0.15) is 16.4 Å². The van der Waals surface area contributed by atoms with Crippen molar-refractivity contribution in [2.75, 3.05) is 10.0 Å². The average Bonchev–Trinajstić information content (AvgIpc) is 3.43. The fourth-order valence-electron chi connectivity index (χ4n) is 2.56. The van der Waals surface area contributed by atoms with Crippen LogP contribution in [0.5, 0.6) is 0 Å². The normalized spacial score (nSPS) is 11.2. The highest BCUT2D eigenvalue weighted by Crippen LogP contribution is 2.21. The molecule has 1 amide bonds. The zero-order chi connectivity index (χ0) is 20.3. The minimum absolute atomic E-state index is 0.205. The number of thiophene rings is 1. The molecule has 0 spiro atoms. The van der Waals surface area contributed by atoms with Crippen LogP contribution in [0.1, 0.15) is 10.4 Å². The number of pyridine rings is 1. The summed E-state index contributed by atoms with van der Waals surface area (Å²) >= 11 is 1.12. The number of nitrogens with one attached hydrogen (secondary N) is 2. The second-order valence-electron chi connectivity index (χ2n) is 5.95. The molecular weight excluding hydrogens is 410 g/mol. The molecule has 1 aromatic carbocycles. The predicted molar refractivity (Wildman–Crippen MR) is 111 cm³/mol. The molecule has 4 aromatic rings. The van der Waals surface area contributed by atoms with E-state index in [1.807, 2.05) is 0 Å². The molecule has 0 unspecified atom stereocenters. The van der Waals surface area contributed by atoms with E-state index >= 15 is 0 Å². The van der Waals surface area contributed by atoms with Gasteiger partial charge in [0.2, 0.25) is 0 Å². The Bertz CT molecular complexity index is 1220. The summed E-state index contributed by atoms with van der Waals surface area (Å²) in [5, 5.41) is 4.43. The molecule has 0 atom stereocenters. The van der Waals surface area contributed by atoms with Crippen molar-refractivity contribution in [1.82, 2.24) is 14.5 Å². The molecular formula is C19H15N5O3S2. The van der Waals surface area contributed by atoms with Crippen molar-refractivity contribution >= 4 is 38.6 Å². The first kappa shape index (κ1) is 18.8. The number of carbonyl (C=O) groups is 1. The van der Waals surface area contributed by atoms with E-state index < -0.39 is 10.0 Å². The van der Waals surface area contributed by atoms with E-state index in [-0.39, 0.29) is 10.1 Å². The van der Waals surface area contributed by atoms with Crippen LogP contribution in [0, 0.1) is 0 Å². The van der Waals surface area contributed by atoms with E-state index in [1.165, 1.54) is 18.3 Å². The summed E-state index contributed by atoms with van der Waals surface area (Å²) in [6.45, 7) is 0. The van der Waals surface area contributed by atoms with Crippen LogP contribution in [-0.4, -0.2) is 28.9 Å². The highest BCUT2D eigenvalue weighted by Gasteiger charge is 2.16. The van der Waals surface area contributed by atoms with Crippen LogP contribution in [0.2, 0.25) is 0 Å². The Morgan fingerprint density at radius 1 is 1.07 bits per heavy atom. The van der Waals surface area contributed by atoms with Crippen LogP contribution >= 0.6 is 11.3 Å². The highest BCUT2D eigenvalue weighted by molar-refractivity contribution is 7.94. The summed E-state index contributed by atoms with van der Waals surface area (Å²) in [7, 11) is -3.68. The zero-order valence-corrected chi connectivity index (χ0v) is 16.5. The SMILES string of the molecule is O=C(Nc1ccc(-n2ccnc2)nc1)c1cccc(NS(=O)(=O)c2cccs2)c1. The van der Waals surface area contributed by atoms with Gasteiger partial charge in [-0.1, -0.05) is 12.1 Å². The molecule has 10 heteroatoms. The third-order valence-electron chi connectivity index (χ3n) is 3.91. The molecule has 0 radical (unpaired) electrons. The Kier molecular flexibility index (Phi) is 5.10. The largest absolute Gasteiger partial charge is 0.321 e. The van der Waals surface area contributed by atoms with Crippen molar-refractivity contribution in [3.8, 4) is 5.82 Å². The third-order valence-corrected chi connectivity index (χ3v) is 6.69. The van der Waals surface area contributed by atoms with Crippen molar-refractivity contribution in [2.24, 2.45) is 0 Å². The number of amides is 1. The van der Waals surface area contributed by atoms with Gasteiger partial charge in [0.25, 0.3) is 15.9 Å². The van der Waals surface area contributed by atoms with Gasteiger partial charge in [0.15, 0.2) is 0 Å². The number of sulfonamides is 1. The molecule has 4 rings (SSSR count). The van der Waals surface area contributed by atoms with Gasteiger partial charge >= 0.3 is 0 Å². The number of carbonyl (C=O) groups excluding carboxylic acids is 1. The fraction of sp³-hybridized carbons (Fsp3) is 0. The van der Waals surface area contributed by atoms with E-state index in [0.29, 0.717) is 22.8 Å². The molecule has 146 valence electrons. The minimum Gasteiger partial charge on any atom is -0.321 e.